The first-order chi connectivity index (χ1) is 11.8. The molecule has 0 radical (unpaired) electrons. The molecule has 0 aliphatic carbocycles. The highest BCUT2D eigenvalue weighted by atomic mass is 16.5. The molecule has 1 aromatic carbocycles. The van der Waals surface area contributed by atoms with E-state index in [0.29, 0.717) is 25.3 Å². The second kappa shape index (κ2) is 6.25. The van der Waals surface area contributed by atoms with Crippen LogP contribution < -0.4 is 0 Å². The molecule has 0 bridgehead atoms. The molecule has 1 saturated heterocycles. The smallest absolute Gasteiger partial charge is 0.254 e. The fourth-order valence-electron chi connectivity index (χ4n) is 2.78. The third kappa shape index (κ3) is 2.79. The van der Waals surface area contributed by atoms with Gasteiger partial charge in [0.25, 0.3) is 5.91 Å². The quantitative estimate of drug-likeness (QED) is 0.782. The molecule has 1 aliphatic heterocycles. The lowest BCUT2D eigenvalue weighted by Gasteiger charge is -2.32. The molecule has 8 nitrogen and oxygen atoms in total. The fraction of sp³-hybridized carbons (Fsp3) is 0.250. The van der Waals surface area contributed by atoms with Gasteiger partial charge in [-0.2, -0.15) is 10.2 Å². The highest BCUT2D eigenvalue weighted by Crippen LogP contribution is 2.22. The molecule has 1 amide bonds. The van der Waals surface area contributed by atoms with Gasteiger partial charge in [-0.3, -0.25) is 9.89 Å². The predicted molar refractivity (Wildman–Crippen MR) is 84.5 cm³/mol. The van der Waals surface area contributed by atoms with E-state index >= 15 is 0 Å². The maximum absolute atomic E-state index is 12.8. The van der Waals surface area contributed by atoms with Gasteiger partial charge < -0.3 is 9.64 Å². The van der Waals surface area contributed by atoms with Crippen LogP contribution in [0.3, 0.4) is 0 Å². The Bertz CT molecular complexity index is 815. The molecule has 3 aromatic rings. The molecule has 1 aliphatic rings. The summed E-state index contributed by atoms with van der Waals surface area (Å²) in [6.07, 6.45) is 6.44. The van der Waals surface area contributed by atoms with Crippen LogP contribution in [-0.2, 0) is 4.74 Å². The summed E-state index contributed by atoms with van der Waals surface area (Å²) in [4.78, 5) is 18.6. The Labute approximate surface area is 138 Å². The van der Waals surface area contributed by atoms with Crippen molar-refractivity contribution < 1.29 is 9.53 Å². The third-order valence-corrected chi connectivity index (χ3v) is 4.02. The lowest BCUT2D eigenvalue weighted by molar-refractivity contribution is -0.0228. The first kappa shape index (κ1) is 14.6. The van der Waals surface area contributed by atoms with Crippen LogP contribution in [0.4, 0.5) is 0 Å². The van der Waals surface area contributed by atoms with Gasteiger partial charge in [-0.15, -0.1) is 0 Å². The largest absolute Gasteiger partial charge is 0.370 e. The van der Waals surface area contributed by atoms with Crippen molar-refractivity contribution in [1.82, 2.24) is 29.9 Å². The van der Waals surface area contributed by atoms with E-state index in [1.54, 1.807) is 23.4 Å². The van der Waals surface area contributed by atoms with E-state index in [1.807, 2.05) is 29.2 Å². The monoisotopic (exact) mass is 324 g/mol. The molecule has 24 heavy (non-hydrogen) atoms. The molecule has 1 atom stereocenters. The SMILES string of the molecule is O=C(c1cccc(-n2cncn2)c1)N1CCOC(c2cn[nH]c2)C1. The zero-order valence-electron chi connectivity index (χ0n) is 12.9. The number of amides is 1. The molecule has 0 spiro atoms. The van der Waals surface area contributed by atoms with Gasteiger partial charge in [-0.05, 0) is 18.2 Å². The number of aromatic nitrogens is 5. The Balaban J connectivity index is 1.54. The van der Waals surface area contributed by atoms with E-state index in [2.05, 4.69) is 20.3 Å². The van der Waals surface area contributed by atoms with Crippen LogP contribution in [0, 0.1) is 0 Å². The van der Waals surface area contributed by atoms with Gasteiger partial charge in [-0.1, -0.05) is 6.07 Å². The van der Waals surface area contributed by atoms with E-state index < -0.39 is 0 Å². The first-order valence-corrected chi connectivity index (χ1v) is 7.66. The number of carbonyl (C=O) groups excluding carboxylic acids is 1. The van der Waals surface area contributed by atoms with Crippen LogP contribution in [0.5, 0.6) is 0 Å². The summed E-state index contributed by atoms with van der Waals surface area (Å²) < 4.78 is 7.37. The van der Waals surface area contributed by atoms with Crippen LogP contribution in [0.1, 0.15) is 22.0 Å². The zero-order valence-corrected chi connectivity index (χ0v) is 12.9. The second-order valence-corrected chi connectivity index (χ2v) is 5.53. The first-order valence-electron chi connectivity index (χ1n) is 7.66. The maximum atomic E-state index is 12.8. The van der Waals surface area contributed by atoms with E-state index in [0.717, 1.165) is 11.3 Å². The maximum Gasteiger partial charge on any atom is 0.254 e. The van der Waals surface area contributed by atoms with Crippen molar-refractivity contribution in [2.24, 2.45) is 0 Å². The molecule has 3 heterocycles. The molecule has 1 unspecified atom stereocenters. The van der Waals surface area contributed by atoms with Crippen molar-refractivity contribution >= 4 is 5.91 Å². The highest BCUT2D eigenvalue weighted by Gasteiger charge is 2.26. The van der Waals surface area contributed by atoms with Crippen molar-refractivity contribution in [3.63, 3.8) is 0 Å². The van der Waals surface area contributed by atoms with E-state index in [9.17, 15) is 4.79 Å². The molecule has 2 aromatic heterocycles. The Morgan fingerprint density at radius 1 is 1.38 bits per heavy atom. The molecule has 8 heteroatoms. The second-order valence-electron chi connectivity index (χ2n) is 5.53. The van der Waals surface area contributed by atoms with Crippen LogP contribution in [0.25, 0.3) is 5.69 Å². The Kier molecular flexibility index (Phi) is 3.80. The van der Waals surface area contributed by atoms with Crippen molar-refractivity contribution in [3.8, 4) is 5.69 Å². The van der Waals surface area contributed by atoms with Gasteiger partial charge in [-0.25, -0.2) is 9.67 Å². The molecule has 1 N–H and O–H groups in total. The lowest BCUT2D eigenvalue weighted by Crippen LogP contribution is -2.42. The average molecular weight is 324 g/mol. The van der Waals surface area contributed by atoms with Gasteiger partial charge in [0, 0.05) is 23.9 Å². The minimum absolute atomic E-state index is 0.0197. The van der Waals surface area contributed by atoms with E-state index in [1.165, 1.54) is 6.33 Å². The normalized spacial score (nSPS) is 17.8. The number of aromatic amines is 1. The summed E-state index contributed by atoms with van der Waals surface area (Å²) >= 11 is 0. The zero-order chi connectivity index (χ0) is 16.4. The number of rotatable bonds is 3. The van der Waals surface area contributed by atoms with Crippen LogP contribution in [0.15, 0.2) is 49.3 Å². The van der Waals surface area contributed by atoms with Crippen molar-refractivity contribution in [1.29, 1.82) is 0 Å². The number of nitrogens with one attached hydrogen (secondary N) is 1. The molecular formula is C16H16N6O2. The molecule has 1 fully saturated rings. The van der Waals surface area contributed by atoms with Crippen molar-refractivity contribution in [2.45, 2.75) is 6.10 Å². The number of benzene rings is 1. The molecule has 0 saturated carbocycles. The molecule has 4 rings (SSSR count). The van der Waals surface area contributed by atoms with Gasteiger partial charge in [0.05, 0.1) is 25.0 Å². The summed E-state index contributed by atoms with van der Waals surface area (Å²) in [5.74, 6) is -0.0197. The molecular weight excluding hydrogens is 308 g/mol. The van der Waals surface area contributed by atoms with Crippen LogP contribution in [-0.4, -0.2) is 55.5 Å². The van der Waals surface area contributed by atoms with Crippen molar-refractivity contribution in [3.05, 3.63) is 60.4 Å². The average Bonchev–Trinajstić information content (AvgIpc) is 3.35. The van der Waals surface area contributed by atoms with E-state index in [4.69, 9.17) is 4.74 Å². The number of carbonyl (C=O) groups is 1. The topological polar surface area (TPSA) is 88.9 Å². The van der Waals surface area contributed by atoms with Gasteiger partial charge >= 0.3 is 0 Å². The standard InChI is InChI=1S/C16H16N6O2/c23-16(12-2-1-3-14(6-12)22-11-17-10-20-22)21-4-5-24-15(9-21)13-7-18-19-8-13/h1-3,6-8,10-11,15H,4-5,9H2,(H,18,19). The number of morpholine rings is 1. The minimum Gasteiger partial charge on any atom is -0.370 e. The van der Waals surface area contributed by atoms with Gasteiger partial charge in [0.2, 0.25) is 0 Å². The predicted octanol–water partition coefficient (Wildman–Crippen LogP) is 1.20. The summed E-state index contributed by atoms with van der Waals surface area (Å²) in [6, 6.07) is 7.36. The van der Waals surface area contributed by atoms with Crippen LogP contribution >= 0.6 is 0 Å². The number of hydrogen-bond donors (Lipinski definition) is 1. The third-order valence-electron chi connectivity index (χ3n) is 4.02. The Hall–Kier alpha value is -3.00. The number of nitrogens with zero attached hydrogens (tertiary/aromatic N) is 5. The highest BCUT2D eigenvalue weighted by molar-refractivity contribution is 5.94. The number of hydrogen-bond acceptors (Lipinski definition) is 5. The summed E-state index contributed by atoms with van der Waals surface area (Å²) in [5.41, 5.74) is 2.37. The Morgan fingerprint density at radius 2 is 2.33 bits per heavy atom. The summed E-state index contributed by atoms with van der Waals surface area (Å²) in [7, 11) is 0. The van der Waals surface area contributed by atoms with Crippen LogP contribution in [0.2, 0.25) is 0 Å². The number of ether oxygens (including phenoxy) is 1. The van der Waals surface area contributed by atoms with Gasteiger partial charge in [0.1, 0.15) is 18.8 Å². The van der Waals surface area contributed by atoms with Gasteiger partial charge in [0.15, 0.2) is 0 Å². The summed E-state index contributed by atoms with van der Waals surface area (Å²) in [6.45, 7) is 1.58. The minimum atomic E-state index is -0.153. The lowest BCUT2D eigenvalue weighted by atomic mass is 10.1. The Morgan fingerprint density at radius 3 is 3.12 bits per heavy atom. The summed E-state index contributed by atoms with van der Waals surface area (Å²) in [5, 5.41) is 10.8. The van der Waals surface area contributed by atoms with E-state index in [-0.39, 0.29) is 12.0 Å². The number of H-pyrrole nitrogens is 1. The fourth-order valence-corrected chi connectivity index (χ4v) is 2.78. The molecule has 122 valence electrons. The van der Waals surface area contributed by atoms with Crippen molar-refractivity contribution in [2.75, 3.05) is 19.7 Å².